The molecule has 7 atom stereocenters. The summed E-state index contributed by atoms with van der Waals surface area (Å²) in [6.07, 6.45) is 2.59. The summed E-state index contributed by atoms with van der Waals surface area (Å²) in [5, 5.41) is 6.35. The molecule has 1 aromatic carbocycles. The van der Waals surface area contributed by atoms with Crippen LogP contribution in [0.4, 0.5) is 0 Å². The number of amides is 2. The van der Waals surface area contributed by atoms with Crippen LogP contribution in [0.15, 0.2) is 24.3 Å². The predicted octanol–water partition coefficient (Wildman–Crippen LogP) is 2.66. The van der Waals surface area contributed by atoms with Gasteiger partial charge in [0, 0.05) is 18.0 Å². The highest BCUT2D eigenvalue weighted by Gasteiger charge is 2.44. The minimum absolute atomic E-state index is 0.0485. The van der Waals surface area contributed by atoms with E-state index in [1.165, 1.54) is 0 Å². The summed E-state index contributed by atoms with van der Waals surface area (Å²) < 4.78 is 11.8. The molecule has 1 aromatic rings. The number of benzene rings is 1. The number of hydrogen-bond acceptors (Lipinski definition) is 4. The first-order valence-electron chi connectivity index (χ1n) is 10.5. The summed E-state index contributed by atoms with van der Waals surface area (Å²) in [4.78, 5) is 25.3. The van der Waals surface area contributed by atoms with Crippen LogP contribution in [0, 0.1) is 17.8 Å². The van der Waals surface area contributed by atoms with Gasteiger partial charge in [0.05, 0.1) is 0 Å². The Morgan fingerprint density at radius 1 is 1.18 bits per heavy atom. The number of hydrogen-bond donors (Lipinski definition) is 2. The van der Waals surface area contributed by atoms with Gasteiger partial charge in [-0.1, -0.05) is 26.0 Å². The van der Waals surface area contributed by atoms with Crippen molar-refractivity contribution in [1.82, 2.24) is 10.6 Å². The van der Waals surface area contributed by atoms with E-state index in [9.17, 15) is 9.59 Å². The minimum Gasteiger partial charge on any atom is -0.482 e. The molecule has 0 spiro atoms. The van der Waals surface area contributed by atoms with Crippen LogP contribution in [-0.2, 0) is 9.59 Å². The van der Waals surface area contributed by atoms with Crippen LogP contribution >= 0.6 is 0 Å². The monoisotopic (exact) mass is 386 g/mol. The second-order valence-corrected chi connectivity index (χ2v) is 8.48. The Morgan fingerprint density at radius 3 is 2.61 bits per heavy atom. The van der Waals surface area contributed by atoms with Crippen molar-refractivity contribution in [2.45, 2.75) is 70.7 Å². The van der Waals surface area contributed by atoms with Gasteiger partial charge in [-0.15, -0.1) is 0 Å². The van der Waals surface area contributed by atoms with Crippen molar-refractivity contribution in [3.05, 3.63) is 24.3 Å². The average Bonchev–Trinajstić information content (AvgIpc) is 2.67. The molecule has 2 aliphatic heterocycles. The van der Waals surface area contributed by atoms with E-state index in [2.05, 4.69) is 24.5 Å². The summed E-state index contributed by atoms with van der Waals surface area (Å²) in [6.45, 7) is 6.14. The average molecular weight is 386 g/mol. The number of carbonyl (C=O) groups excluding carboxylic acids is 2. The highest BCUT2D eigenvalue weighted by Crippen LogP contribution is 2.39. The van der Waals surface area contributed by atoms with Crippen molar-refractivity contribution in [3.8, 4) is 11.5 Å². The zero-order valence-electron chi connectivity index (χ0n) is 16.8. The molecule has 6 heteroatoms. The molecule has 28 heavy (non-hydrogen) atoms. The molecule has 2 heterocycles. The Kier molecular flexibility index (Phi) is 5.21. The first-order valence-corrected chi connectivity index (χ1v) is 10.5. The molecular weight excluding hydrogens is 356 g/mol. The fraction of sp³-hybridized carbons (Fsp3) is 0.636. The zero-order chi connectivity index (χ0) is 19.8. The fourth-order valence-corrected chi connectivity index (χ4v) is 5.19. The van der Waals surface area contributed by atoms with Gasteiger partial charge in [-0.25, -0.2) is 0 Å². The molecule has 1 saturated heterocycles. The van der Waals surface area contributed by atoms with Gasteiger partial charge >= 0.3 is 0 Å². The molecule has 3 aliphatic rings. The maximum Gasteiger partial charge on any atom is 0.265 e. The van der Waals surface area contributed by atoms with E-state index in [1.54, 1.807) is 0 Å². The third-order valence-electron chi connectivity index (χ3n) is 6.77. The number of nitrogens with one attached hydrogen (secondary N) is 2. The number of carbonyl (C=O) groups is 2. The molecule has 1 saturated carbocycles. The molecule has 1 aliphatic carbocycles. The second-order valence-electron chi connectivity index (χ2n) is 8.48. The molecule has 4 rings (SSSR count). The van der Waals surface area contributed by atoms with E-state index in [4.69, 9.17) is 9.47 Å². The molecule has 152 valence electrons. The SMILES string of the molecule is CCC1C(=O)NC2CC(NC(=O)C3Oc4ccccc4OC3C)CCC2C1C. The van der Waals surface area contributed by atoms with Crippen molar-refractivity contribution in [1.29, 1.82) is 0 Å². The summed E-state index contributed by atoms with van der Waals surface area (Å²) in [5.41, 5.74) is 0. The van der Waals surface area contributed by atoms with Gasteiger partial charge in [0.15, 0.2) is 11.5 Å². The van der Waals surface area contributed by atoms with E-state index in [0.717, 1.165) is 25.7 Å². The smallest absolute Gasteiger partial charge is 0.265 e. The summed E-state index contributed by atoms with van der Waals surface area (Å²) in [5.74, 6) is 2.29. The number of rotatable bonds is 3. The molecule has 0 bridgehead atoms. The lowest BCUT2D eigenvalue weighted by Crippen LogP contribution is -2.59. The van der Waals surface area contributed by atoms with E-state index in [1.807, 2.05) is 31.2 Å². The van der Waals surface area contributed by atoms with Crippen molar-refractivity contribution < 1.29 is 19.1 Å². The first-order chi connectivity index (χ1) is 13.5. The Balaban J connectivity index is 1.38. The Bertz CT molecular complexity index is 752. The van der Waals surface area contributed by atoms with Gasteiger partial charge in [0.25, 0.3) is 5.91 Å². The number of fused-ring (bicyclic) bond motifs is 2. The minimum atomic E-state index is -0.669. The van der Waals surface area contributed by atoms with E-state index >= 15 is 0 Å². The van der Waals surface area contributed by atoms with Crippen LogP contribution in [0.25, 0.3) is 0 Å². The third-order valence-corrected chi connectivity index (χ3v) is 6.77. The van der Waals surface area contributed by atoms with Crippen LogP contribution in [0.5, 0.6) is 11.5 Å². The Labute approximate surface area is 166 Å². The predicted molar refractivity (Wildman–Crippen MR) is 105 cm³/mol. The summed E-state index contributed by atoms with van der Waals surface area (Å²) >= 11 is 0. The number of ether oxygens (including phenoxy) is 2. The van der Waals surface area contributed by atoms with Gasteiger partial charge in [-0.05, 0) is 56.6 Å². The van der Waals surface area contributed by atoms with E-state index < -0.39 is 6.10 Å². The van der Waals surface area contributed by atoms with Crippen molar-refractivity contribution in [2.24, 2.45) is 17.8 Å². The normalized spacial score (nSPS) is 36.8. The maximum atomic E-state index is 12.9. The molecule has 2 N–H and O–H groups in total. The van der Waals surface area contributed by atoms with Gasteiger partial charge in [-0.3, -0.25) is 9.59 Å². The highest BCUT2D eigenvalue weighted by molar-refractivity contribution is 5.83. The fourth-order valence-electron chi connectivity index (χ4n) is 5.19. The standard InChI is InChI=1S/C22H30N2O4/c1-4-15-12(2)16-10-9-14(11-17(16)24-21(15)25)23-22(26)20-13(3)27-18-7-5-6-8-19(18)28-20/h5-8,12-17,20H,4,9-11H2,1-3H3,(H,23,26)(H,24,25). The van der Waals surface area contributed by atoms with Crippen LogP contribution in [0.2, 0.25) is 0 Å². The van der Waals surface area contributed by atoms with Crippen LogP contribution in [0.1, 0.15) is 46.5 Å². The molecule has 2 amide bonds. The van der Waals surface area contributed by atoms with E-state index in [0.29, 0.717) is 23.3 Å². The van der Waals surface area contributed by atoms with Gasteiger partial charge < -0.3 is 20.1 Å². The quantitative estimate of drug-likeness (QED) is 0.837. The summed E-state index contributed by atoms with van der Waals surface area (Å²) in [7, 11) is 0. The Morgan fingerprint density at radius 2 is 1.89 bits per heavy atom. The van der Waals surface area contributed by atoms with Crippen molar-refractivity contribution >= 4 is 11.8 Å². The van der Waals surface area contributed by atoms with Gasteiger partial charge in [0.1, 0.15) is 6.10 Å². The molecule has 0 radical (unpaired) electrons. The second kappa shape index (κ2) is 7.64. The Hall–Kier alpha value is -2.24. The van der Waals surface area contributed by atoms with Crippen LogP contribution < -0.4 is 20.1 Å². The van der Waals surface area contributed by atoms with E-state index in [-0.39, 0.29) is 35.9 Å². The van der Waals surface area contributed by atoms with Crippen molar-refractivity contribution in [2.75, 3.05) is 0 Å². The molecule has 7 unspecified atom stereocenters. The number of piperidine rings is 1. The number of para-hydroxylation sites is 2. The lowest BCUT2D eigenvalue weighted by molar-refractivity contribution is -0.135. The van der Waals surface area contributed by atoms with Gasteiger partial charge in [0.2, 0.25) is 12.0 Å². The molecule has 0 aromatic heterocycles. The highest BCUT2D eigenvalue weighted by atomic mass is 16.6. The topological polar surface area (TPSA) is 76.7 Å². The molecule has 6 nitrogen and oxygen atoms in total. The first kappa shape index (κ1) is 19.1. The molecule has 2 fully saturated rings. The largest absolute Gasteiger partial charge is 0.482 e. The lowest BCUT2D eigenvalue weighted by Gasteiger charge is -2.46. The van der Waals surface area contributed by atoms with Crippen LogP contribution in [0.3, 0.4) is 0 Å². The van der Waals surface area contributed by atoms with Crippen LogP contribution in [-0.4, -0.2) is 36.1 Å². The zero-order valence-corrected chi connectivity index (χ0v) is 16.8. The third kappa shape index (κ3) is 3.45. The van der Waals surface area contributed by atoms with Crippen molar-refractivity contribution in [3.63, 3.8) is 0 Å². The van der Waals surface area contributed by atoms with Gasteiger partial charge in [-0.2, -0.15) is 0 Å². The maximum absolute atomic E-state index is 12.9. The summed E-state index contributed by atoms with van der Waals surface area (Å²) in [6, 6.07) is 7.60. The molecular formula is C22H30N2O4. The lowest BCUT2D eigenvalue weighted by atomic mass is 9.67.